The van der Waals surface area contributed by atoms with Crippen molar-refractivity contribution in [2.45, 2.75) is 6.04 Å². The molecule has 0 aliphatic heterocycles. The molecule has 0 spiro atoms. The first-order chi connectivity index (χ1) is 12.6. The highest BCUT2D eigenvalue weighted by Crippen LogP contribution is 2.28. The zero-order valence-corrected chi connectivity index (χ0v) is 16.2. The highest BCUT2D eigenvalue weighted by molar-refractivity contribution is 9.10. The van der Waals surface area contributed by atoms with E-state index in [1.165, 1.54) is 0 Å². The monoisotopic (exact) mass is 429 g/mol. The molecule has 5 heteroatoms. The van der Waals surface area contributed by atoms with Crippen molar-refractivity contribution in [1.29, 1.82) is 0 Å². The molecule has 3 rings (SSSR count). The first kappa shape index (κ1) is 18.5. The number of hydrogen-bond acceptors (Lipinski definition) is 2. The lowest BCUT2D eigenvalue weighted by molar-refractivity contribution is -0.123. The Morgan fingerprint density at radius 2 is 1.62 bits per heavy atom. The second kappa shape index (κ2) is 8.88. The number of ether oxygens (including phenoxy) is 1. The van der Waals surface area contributed by atoms with Crippen molar-refractivity contribution in [3.05, 3.63) is 99.5 Å². The summed E-state index contributed by atoms with van der Waals surface area (Å²) in [5.74, 6) is 0.395. The number of carbonyl (C=O) groups is 1. The number of benzene rings is 3. The van der Waals surface area contributed by atoms with E-state index in [-0.39, 0.29) is 18.6 Å². The van der Waals surface area contributed by atoms with Crippen molar-refractivity contribution in [2.75, 3.05) is 6.61 Å². The van der Waals surface area contributed by atoms with Gasteiger partial charge in [-0.25, -0.2) is 0 Å². The normalized spacial score (nSPS) is 11.6. The third kappa shape index (κ3) is 4.87. The maximum Gasteiger partial charge on any atom is 0.258 e. The Bertz CT molecular complexity index is 869. The minimum atomic E-state index is -0.270. The summed E-state index contributed by atoms with van der Waals surface area (Å²) in [6.45, 7) is -0.0740. The van der Waals surface area contributed by atoms with Gasteiger partial charge in [0.05, 0.1) is 6.04 Å². The van der Waals surface area contributed by atoms with Crippen molar-refractivity contribution in [3.63, 3.8) is 0 Å². The molecule has 0 aliphatic carbocycles. The second-order valence-electron chi connectivity index (χ2n) is 5.68. The number of halogens is 2. The van der Waals surface area contributed by atoms with Crippen LogP contribution in [0.1, 0.15) is 17.2 Å². The zero-order chi connectivity index (χ0) is 18.4. The quantitative estimate of drug-likeness (QED) is 0.569. The van der Waals surface area contributed by atoms with E-state index in [0.29, 0.717) is 10.8 Å². The van der Waals surface area contributed by atoms with Gasteiger partial charge in [0.2, 0.25) is 0 Å². The number of nitrogens with one attached hydrogen (secondary N) is 1. The molecular weight excluding hydrogens is 414 g/mol. The molecule has 132 valence electrons. The number of rotatable bonds is 6. The summed E-state index contributed by atoms with van der Waals surface area (Å²) in [4.78, 5) is 12.5. The first-order valence-corrected chi connectivity index (χ1v) is 9.27. The Morgan fingerprint density at radius 1 is 0.962 bits per heavy atom. The van der Waals surface area contributed by atoms with Crippen molar-refractivity contribution < 1.29 is 9.53 Å². The van der Waals surface area contributed by atoms with Crippen LogP contribution in [0.2, 0.25) is 5.02 Å². The van der Waals surface area contributed by atoms with Crippen LogP contribution in [0.4, 0.5) is 0 Å². The summed E-state index contributed by atoms with van der Waals surface area (Å²) in [5.41, 5.74) is 1.98. The predicted octanol–water partition coefficient (Wildman–Crippen LogP) is 5.39. The van der Waals surface area contributed by atoms with Crippen molar-refractivity contribution in [1.82, 2.24) is 5.32 Å². The van der Waals surface area contributed by atoms with Gasteiger partial charge in [-0.05, 0) is 41.5 Å². The van der Waals surface area contributed by atoms with E-state index in [0.717, 1.165) is 15.6 Å². The summed E-state index contributed by atoms with van der Waals surface area (Å²) in [5, 5.41) is 3.68. The summed E-state index contributed by atoms with van der Waals surface area (Å²) in [7, 11) is 0. The lowest BCUT2D eigenvalue weighted by atomic mass is 9.99. The third-order valence-corrected chi connectivity index (χ3v) is 4.81. The molecule has 0 fully saturated rings. The van der Waals surface area contributed by atoms with Crippen LogP contribution in [0, 0.1) is 0 Å². The van der Waals surface area contributed by atoms with Crippen LogP contribution < -0.4 is 10.1 Å². The second-order valence-corrected chi connectivity index (χ2v) is 6.97. The van der Waals surface area contributed by atoms with E-state index < -0.39 is 0 Å². The topological polar surface area (TPSA) is 38.3 Å². The van der Waals surface area contributed by atoms with Gasteiger partial charge < -0.3 is 10.1 Å². The SMILES string of the molecule is O=C(COc1ccc(Cl)cc1)N[C@@H](c1ccccc1)c1ccccc1Br. The standard InChI is InChI=1S/C21H17BrClNO2/c22-19-9-5-4-8-18(19)21(15-6-2-1-3-7-15)24-20(25)14-26-17-12-10-16(23)11-13-17/h1-13,21H,14H2,(H,24,25)/t21-/m0/s1. The minimum Gasteiger partial charge on any atom is -0.484 e. The number of hydrogen-bond donors (Lipinski definition) is 1. The largest absolute Gasteiger partial charge is 0.484 e. The molecule has 0 heterocycles. The minimum absolute atomic E-state index is 0.0740. The lowest BCUT2D eigenvalue weighted by Gasteiger charge is -2.21. The van der Waals surface area contributed by atoms with E-state index in [2.05, 4.69) is 21.2 Å². The van der Waals surface area contributed by atoms with E-state index in [1.54, 1.807) is 24.3 Å². The molecule has 0 unspecified atom stereocenters. The molecule has 26 heavy (non-hydrogen) atoms. The van der Waals surface area contributed by atoms with Crippen LogP contribution in [0.3, 0.4) is 0 Å². The highest BCUT2D eigenvalue weighted by atomic mass is 79.9. The van der Waals surface area contributed by atoms with E-state index in [4.69, 9.17) is 16.3 Å². The molecule has 3 nitrogen and oxygen atoms in total. The number of amides is 1. The maximum absolute atomic E-state index is 12.5. The van der Waals surface area contributed by atoms with Crippen molar-refractivity contribution in [3.8, 4) is 5.75 Å². The molecular formula is C21H17BrClNO2. The summed E-state index contributed by atoms with van der Waals surface area (Å²) in [6.07, 6.45) is 0. The van der Waals surface area contributed by atoms with Gasteiger partial charge in [0.25, 0.3) is 5.91 Å². The van der Waals surface area contributed by atoms with Crippen LogP contribution >= 0.6 is 27.5 Å². The highest BCUT2D eigenvalue weighted by Gasteiger charge is 2.19. The molecule has 1 amide bonds. The first-order valence-electron chi connectivity index (χ1n) is 8.10. The molecule has 0 saturated carbocycles. The Balaban J connectivity index is 1.74. The van der Waals surface area contributed by atoms with Gasteiger partial charge >= 0.3 is 0 Å². The van der Waals surface area contributed by atoms with Gasteiger partial charge in [0.15, 0.2) is 6.61 Å². The Hall–Kier alpha value is -2.30. The Morgan fingerprint density at radius 3 is 2.31 bits per heavy atom. The van der Waals surface area contributed by atoms with E-state index in [9.17, 15) is 4.79 Å². The molecule has 1 N–H and O–H groups in total. The molecule has 3 aromatic carbocycles. The maximum atomic E-state index is 12.5. The van der Waals surface area contributed by atoms with Crippen LogP contribution in [-0.4, -0.2) is 12.5 Å². The van der Waals surface area contributed by atoms with Gasteiger partial charge in [-0.3, -0.25) is 4.79 Å². The van der Waals surface area contributed by atoms with Gasteiger partial charge in [0, 0.05) is 9.50 Å². The van der Waals surface area contributed by atoms with Gasteiger partial charge in [0.1, 0.15) is 5.75 Å². The van der Waals surface area contributed by atoms with E-state index >= 15 is 0 Å². The lowest BCUT2D eigenvalue weighted by Crippen LogP contribution is -2.33. The van der Waals surface area contributed by atoms with Gasteiger partial charge in [-0.2, -0.15) is 0 Å². The van der Waals surface area contributed by atoms with Crippen molar-refractivity contribution in [2.24, 2.45) is 0 Å². The fraction of sp³-hybridized carbons (Fsp3) is 0.0952. The molecule has 3 aromatic rings. The average molecular weight is 431 g/mol. The molecule has 1 atom stereocenters. The third-order valence-electron chi connectivity index (χ3n) is 3.84. The van der Waals surface area contributed by atoms with Gasteiger partial charge in [-0.1, -0.05) is 76.1 Å². The summed E-state index contributed by atoms with van der Waals surface area (Å²) >= 11 is 9.43. The van der Waals surface area contributed by atoms with Crippen molar-refractivity contribution >= 4 is 33.4 Å². The Labute approximate surface area is 166 Å². The number of carbonyl (C=O) groups excluding carboxylic acids is 1. The molecule has 0 radical (unpaired) electrons. The average Bonchev–Trinajstić information content (AvgIpc) is 2.67. The summed E-state index contributed by atoms with van der Waals surface area (Å²) in [6, 6.07) is 24.3. The molecule has 0 bridgehead atoms. The summed E-state index contributed by atoms with van der Waals surface area (Å²) < 4.78 is 6.48. The molecule has 0 saturated heterocycles. The zero-order valence-electron chi connectivity index (χ0n) is 13.9. The van der Waals surface area contributed by atoms with E-state index in [1.807, 2.05) is 54.6 Å². The predicted molar refractivity (Wildman–Crippen MR) is 108 cm³/mol. The van der Waals surface area contributed by atoms with Crippen LogP contribution in [0.5, 0.6) is 5.75 Å². The fourth-order valence-corrected chi connectivity index (χ4v) is 3.22. The van der Waals surface area contributed by atoms with Crippen LogP contribution in [0.25, 0.3) is 0 Å². The molecule has 0 aromatic heterocycles. The van der Waals surface area contributed by atoms with Crippen LogP contribution in [-0.2, 0) is 4.79 Å². The fourth-order valence-electron chi connectivity index (χ4n) is 2.58. The molecule has 0 aliphatic rings. The smallest absolute Gasteiger partial charge is 0.258 e. The van der Waals surface area contributed by atoms with Gasteiger partial charge in [-0.15, -0.1) is 0 Å². The Kier molecular flexibility index (Phi) is 6.31. The van der Waals surface area contributed by atoms with Crippen LogP contribution in [0.15, 0.2) is 83.3 Å².